The Bertz CT molecular complexity index is 340. The van der Waals surface area contributed by atoms with Crippen molar-refractivity contribution in [2.24, 2.45) is 0 Å². The number of nitrogens with zero attached hydrogens (tertiary/aromatic N) is 2. The summed E-state index contributed by atoms with van der Waals surface area (Å²) in [4.78, 5) is 16.5. The van der Waals surface area contributed by atoms with Crippen LogP contribution >= 0.6 is 11.6 Å². The second-order valence-electron chi connectivity index (χ2n) is 3.08. The van der Waals surface area contributed by atoms with Crippen molar-refractivity contribution >= 4 is 17.9 Å². The molecule has 0 amide bonds. The lowest BCUT2D eigenvalue weighted by Crippen LogP contribution is -2.18. The van der Waals surface area contributed by atoms with Gasteiger partial charge in [-0.05, 0) is 11.6 Å². The molecule has 1 aliphatic rings. The number of pyridine rings is 1. The van der Waals surface area contributed by atoms with E-state index < -0.39 is 0 Å². The first-order valence-electron chi connectivity index (χ1n) is 4.10. The molecule has 2 heterocycles. The number of hydrogen-bond donors (Lipinski definition) is 0. The Hall–Kier alpha value is -0.930. The summed E-state index contributed by atoms with van der Waals surface area (Å²) in [6.45, 7) is 2.00. The highest BCUT2D eigenvalue weighted by molar-refractivity contribution is 6.29. The molecular weight excluding hydrogens is 188 g/mol. The second kappa shape index (κ2) is 3.44. The molecule has 0 radical (unpaired) electrons. The molecular formula is C9H9ClN2O. The van der Waals surface area contributed by atoms with Crippen LogP contribution in [0, 0.1) is 0 Å². The Balaban J connectivity index is 2.20. The molecule has 0 bridgehead atoms. The Kier molecular flexibility index (Phi) is 2.29. The fourth-order valence-corrected chi connectivity index (χ4v) is 1.69. The van der Waals surface area contributed by atoms with E-state index in [4.69, 9.17) is 11.6 Å². The van der Waals surface area contributed by atoms with Crippen molar-refractivity contribution in [1.82, 2.24) is 9.88 Å². The summed E-state index contributed by atoms with van der Waals surface area (Å²) in [5.41, 5.74) is 2.17. The number of rotatable bonds is 2. The Morgan fingerprint density at radius 3 is 3.15 bits per heavy atom. The summed E-state index contributed by atoms with van der Waals surface area (Å²) in [6, 6.07) is 3.75. The van der Waals surface area contributed by atoms with Crippen molar-refractivity contribution < 1.29 is 4.79 Å². The molecule has 0 spiro atoms. The third-order valence-corrected chi connectivity index (χ3v) is 2.35. The Morgan fingerprint density at radius 2 is 2.38 bits per heavy atom. The van der Waals surface area contributed by atoms with Crippen LogP contribution in [0.25, 0.3) is 0 Å². The number of carbonyl (C=O) groups excluding carboxylic acids is 1. The Labute approximate surface area is 81.3 Å². The minimum atomic E-state index is 0.466. The van der Waals surface area contributed by atoms with Gasteiger partial charge in [0, 0.05) is 13.1 Å². The molecule has 4 heteroatoms. The monoisotopic (exact) mass is 196 g/mol. The number of hydrogen-bond acceptors (Lipinski definition) is 3. The van der Waals surface area contributed by atoms with Gasteiger partial charge in [-0.2, -0.15) is 0 Å². The van der Waals surface area contributed by atoms with E-state index in [-0.39, 0.29) is 0 Å². The lowest BCUT2D eigenvalue weighted by molar-refractivity contribution is -0.108. The van der Waals surface area contributed by atoms with Crippen molar-refractivity contribution in [3.8, 4) is 0 Å². The summed E-state index contributed by atoms with van der Waals surface area (Å²) < 4.78 is 0. The summed E-state index contributed by atoms with van der Waals surface area (Å²) in [6.07, 6.45) is 0.910. The molecule has 0 aromatic carbocycles. The summed E-state index contributed by atoms with van der Waals surface area (Å²) in [7, 11) is 0. The van der Waals surface area contributed by atoms with Crippen LogP contribution in [0.4, 0.5) is 0 Å². The normalized spacial score (nSPS) is 15.8. The minimum Gasteiger partial charge on any atom is -0.302 e. The number of halogens is 1. The summed E-state index contributed by atoms with van der Waals surface area (Å²) in [5, 5.41) is 0.520. The third-order valence-electron chi connectivity index (χ3n) is 2.13. The predicted molar refractivity (Wildman–Crippen MR) is 49.4 cm³/mol. The molecule has 2 rings (SSSR count). The molecule has 0 saturated heterocycles. The highest BCUT2D eigenvalue weighted by Crippen LogP contribution is 2.21. The topological polar surface area (TPSA) is 33.2 Å². The molecule has 0 fully saturated rings. The van der Waals surface area contributed by atoms with Gasteiger partial charge >= 0.3 is 0 Å². The zero-order valence-electron chi connectivity index (χ0n) is 7.03. The molecule has 0 N–H and O–H groups in total. The minimum absolute atomic E-state index is 0.466. The molecule has 3 nitrogen and oxygen atoms in total. The molecule has 1 aromatic rings. The van der Waals surface area contributed by atoms with Crippen LogP contribution in [0.3, 0.4) is 0 Å². The lowest BCUT2D eigenvalue weighted by Gasteiger charge is -2.07. The van der Waals surface area contributed by atoms with E-state index in [1.807, 2.05) is 11.0 Å². The van der Waals surface area contributed by atoms with E-state index in [1.54, 1.807) is 6.07 Å². The first-order valence-corrected chi connectivity index (χ1v) is 4.47. The number of carbonyl (C=O) groups is 1. The van der Waals surface area contributed by atoms with Crippen LogP contribution < -0.4 is 0 Å². The molecule has 0 aliphatic carbocycles. The average Bonchev–Trinajstić information content (AvgIpc) is 2.46. The van der Waals surface area contributed by atoms with E-state index >= 15 is 0 Å². The SMILES string of the molecule is O=CCN1Cc2ccc(Cl)nc2C1. The molecule has 1 aromatic heterocycles. The maximum atomic E-state index is 10.3. The zero-order valence-corrected chi connectivity index (χ0v) is 7.79. The summed E-state index contributed by atoms with van der Waals surface area (Å²) in [5.74, 6) is 0. The molecule has 68 valence electrons. The molecule has 13 heavy (non-hydrogen) atoms. The highest BCUT2D eigenvalue weighted by atomic mass is 35.5. The summed E-state index contributed by atoms with van der Waals surface area (Å²) >= 11 is 5.75. The smallest absolute Gasteiger partial charge is 0.134 e. The van der Waals surface area contributed by atoms with Gasteiger partial charge in [0.05, 0.1) is 12.2 Å². The van der Waals surface area contributed by atoms with Gasteiger partial charge in [0.2, 0.25) is 0 Å². The van der Waals surface area contributed by atoms with Crippen LogP contribution in [0.2, 0.25) is 5.15 Å². The van der Waals surface area contributed by atoms with Gasteiger partial charge in [-0.15, -0.1) is 0 Å². The molecule has 1 aliphatic heterocycles. The molecule has 0 unspecified atom stereocenters. The molecule has 0 atom stereocenters. The van der Waals surface area contributed by atoms with Crippen LogP contribution in [0.15, 0.2) is 12.1 Å². The van der Waals surface area contributed by atoms with Crippen LogP contribution in [-0.4, -0.2) is 22.7 Å². The fourth-order valence-electron chi connectivity index (χ4n) is 1.53. The van der Waals surface area contributed by atoms with Gasteiger partial charge < -0.3 is 4.79 Å². The van der Waals surface area contributed by atoms with Gasteiger partial charge in [-0.25, -0.2) is 4.98 Å². The van der Waals surface area contributed by atoms with Crippen LogP contribution in [-0.2, 0) is 17.9 Å². The zero-order chi connectivity index (χ0) is 9.26. The molecule has 0 saturated carbocycles. The largest absolute Gasteiger partial charge is 0.302 e. The van der Waals surface area contributed by atoms with Crippen molar-refractivity contribution in [2.75, 3.05) is 6.54 Å². The van der Waals surface area contributed by atoms with Crippen molar-refractivity contribution in [3.05, 3.63) is 28.5 Å². The number of aldehydes is 1. The first kappa shape index (κ1) is 8.66. The first-order chi connectivity index (χ1) is 6.29. The maximum absolute atomic E-state index is 10.3. The van der Waals surface area contributed by atoms with Crippen molar-refractivity contribution in [3.63, 3.8) is 0 Å². The van der Waals surface area contributed by atoms with Crippen molar-refractivity contribution in [2.45, 2.75) is 13.1 Å². The lowest BCUT2D eigenvalue weighted by atomic mass is 10.2. The Morgan fingerprint density at radius 1 is 1.54 bits per heavy atom. The average molecular weight is 197 g/mol. The second-order valence-corrected chi connectivity index (χ2v) is 3.46. The van der Waals surface area contributed by atoms with Gasteiger partial charge in [-0.3, -0.25) is 4.90 Å². The van der Waals surface area contributed by atoms with Gasteiger partial charge in [0.25, 0.3) is 0 Å². The van der Waals surface area contributed by atoms with Gasteiger partial charge in [0.1, 0.15) is 11.4 Å². The predicted octanol–water partition coefficient (Wildman–Crippen LogP) is 1.25. The van der Waals surface area contributed by atoms with Gasteiger partial charge in [0.15, 0.2) is 0 Å². The third kappa shape index (κ3) is 1.71. The highest BCUT2D eigenvalue weighted by Gasteiger charge is 2.19. The standard InChI is InChI=1S/C9H9ClN2O/c10-9-2-1-7-5-12(3-4-13)6-8(7)11-9/h1-2,4H,3,5-6H2. The number of aromatic nitrogens is 1. The van der Waals surface area contributed by atoms with E-state index in [0.29, 0.717) is 11.7 Å². The quantitative estimate of drug-likeness (QED) is 0.527. The number of fused-ring (bicyclic) bond motifs is 1. The van der Waals surface area contributed by atoms with E-state index in [9.17, 15) is 4.79 Å². The van der Waals surface area contributed by atoms with Crippen LogP contribution in [0.5, 0.6) is 0 Å². The van der Waals surface area contributed by atoms with Crippen molar-refractivity contribution in [1.29, 1.82) is 0 Å². The fraction of sp³-hybridized carbons (Fsp3) is 0.333. The van der Waals surface area contributed by atoms with Gasteiger partial charge in [-0.1, -0.05) is 17.7 Å². The maximum Gasteiger partial charge on any atom is 0.134 e. The van der Waals surface area contributed by atoms with E-state index in [1.165, 1.54) is 5.56 Å². The van der Waals surface area contributed by atoms with E-state index in [0.717, 1.165) is 25.1 Å². The van der Waals surface area contributed by atoms with Crippen LogP contribution in [0.1, 0.15) is 11.3 Å². The van der Waals surface area contributed by atoms with E-state index in [2.05, 4.69) is 4.98 Å².